The first kappa shape index (κ1) is 11.0. The maximum atomic E-state index is 11.9. The molecule has 0 radical (unpaired) electrons. The molecule has 0 saturated carbocycles. The zero-order valence-corrected chi connectivity index (χ0v) is 9.93. The number of fused-ring (bicyclic) bond motifs is 1. The third kappa shape index (κ3) is 2.01. The van der Waals surface area contributed by atoms with Gasteiger partial charge in [-0.05, 0) is 30.4 Å². The number of benzene rings is 1. The van der Waals surface area contributed by atoms with Crippen LogP contribution in [0, 0.1) is 0 Å². The molecule has 1 aliphatic carbocycles. The molecule has 4 nitrogen and oxygen atoms in total. The van der Waals surface area contributed by atoms with Gasteiger partial charge in [-0.15, -0.1) is 0 Å². The van der Waals surface area contributed by atoms with Gasteiger partial charge in [-0.3, -0.25) is 4.79 Å². The molecule has 1 heterocycles. The Hall–Kier alpha value is -2.10. The van der Waals surface area contributed by atoms with Gasteiger partial charge in [0.2, 0.25) is 5.76 Å². The first-order valence-electron chi connectivity index (χ1n) is 6.14. The van der Waals surface area contributed by atoms with Crippen molar-refractivity contribution in [2.24, 2.45) is 0 Å². The van der Waals surface area contributed by atoms with E-state index in [2.05, 4.69) is 22.6 Å². The average Bonchev–Trinajstić information content (AvgIpc) is 2.93. The Balaban J connectivity index is 1.80. The van der Waals surface area contributed by atoms with Crippen LogP contribution in [0.2, 0.25) is 0 Å². The minimum atomic E-state index is -0.200. The van der Waals surface area contributed by atoms with Gasteiger partial charge in [0.05, 0.1) is 12.2 Å². The number of aromatic nitrogens is 1. The Labute approximate surface area is 105 Å². The van der Waals surface area contributed by atoms with Crippen molar-refractivity contribution in [3.8, 4) is 0 Å². The largest absolute Gasteiger partial charge is 0.351 e. The zero-order valence-electron chi connectivity index (χ0n) is 9.93. The van der Waals surface area contributed by atoms with Crippen molar-refractivity contribution in [1.82, 2.24) is 10.5 Å². The van der Waals surface area contributed by atoms with E-state index in [0.29, 0.717) is 0 Å². The van der Waals surface area contributed by atoms with Crippen LogP contribution in [0.3, 0.4) is 0 Å². The number of hydrogen-bond donors (Lipinski definition) is 1. The predicted octanol–water partition coefficient (Wildman–Crippen LogP) is 2.48. The highest BCUT2D eigenvalue weighted by Gasteiger charge is 2.22. The third-order valence-electron chi connectivity index (χ3n) is 3.34. The lowest BCUT2D eigenvalue weighted by molar-refractivity contribution is 0.0895. The fourth-order valence-electron chi connectivity index (χ4n) is 2.47. The van der Waals surface area contributed by atoms with E-state index in [4.69, 9.17) is 4.52 Å². The summed E-state index contributed by atoms with van der Waals surface area (Å²) in [6.45, 7) is 0. The van der Waals surface area contributed by atoms with Crippen LogP contribution in [0.5, 0.6) is 0 Å². The molecule has 0 bridgehead atoms. The number of carbonyl (C=O) groups is 1. The zero-order chi connectivity index (χ0) is 12.4. The standard InChI is InChI=1S/C14H14N2O2/c17-14(13-8-9-15-18-13)16-12-7-3-5-10-4-1-2-6-11(10)12/h1-2,4,6,8-9,12H,3,5,7H2,(H,16,17). The Morgan fingerprint density at radius 2 is 2.22 bits per heavy atom. The van der Waals surface area contributed by atoms with Crippen LogP contribution in [0.4, 0.5) is 0 Å². The van der Waals surface area contributed by atoms with Gasteiger partial charge in [-0.1, -0.05) is 29.4 Å². The Morgan fingerprint density at radius 1 is 1.33 bits per heavy atom. The molecule has 1 amide bonds. The van der Waals surface area contributed by atoms with Gasteiger partial charge in [0.1, 0.15) is 0 Å². The second-order valence-corrected chi connectivity index (χ2v) is 4.49. The van der Waals surface area contributed by atoms with Gasteiger partial charge < -0.3 is 9.84 Å². The van der Waals surface area contributed by atoms with Crippen LogP contribution in [0.1, 0.15) is 40.6 Å². The molecule has 1 aromatic carbocycles. The third-order valence-corrected chi connectivity index (χ3v) is 3.34. The molecule has 0 aliphatic heterocycles. The van der Waals surface area contributed by atoms with E-state index >= 15 is 0 Å². The van der Waals surface area contributed by atoms with Gasteiger partial charge in [-0.25, -0.2) is 0 Å². The predicted molar refractivity (Wildman–Crippen MR) is 66.1 cm³/mol. The summed E-state index contributed by atoms with van der Waals surface area (Å²) < 4.78 is 4.86. The minimum Gasteiger partial charge on any atom is -0.351 e. The van der Waals surface area contributed by atoms with Crippen molar-refractivity contribution in [1.29, 1.82) is 0 Å². The maximum absolute atomic E-state index is 11.9. The number of amides is 1. The molecule has 1 unspecified atom stereocenters. The fraction of sp³-hybridized carbons (Fsp3) is 0.286. The number of nitrogens with one attached hydrogen (secondary N) is 1. The molecule has 1 aliphatic rings. The first-order valence-corrected chi connectivity index (χ1v) is 6.14. The van der Waals surface area contributed by atoms with Gasteiger partial charge in [0.25, 0.3) is 5.91 Å². The highest BCUT2D eigenvalue weighted by atomic mass is 16.5. The van der Waals surface area contributed by atoms with Gasteiger partial charge in [0, 0.05) is 6.07 Å². The number of rotatable bonds is 2. The van der Waals surface area contributed by atoms with Crippen molar-refractivity contribution in [2.45, 2.75) is 25.3 Å². The molecular weight excluding hydrogens is 228 g/mol. The Morgan fingerprint density at radius 3 is 3.06 bits per heavy atom. The number of carbonyl (C=O) groups excluding carboxylic acids is 1. The smallest absolute Gasteiger partial charge is 0.290 e. The van der Waals surface area contributed by atoms with Gasteiger partial charge in [0.15, 0.2) is 0 Å². The maximum Gasteiger partial charge on any atom is 0.290 e. The highest BCUT2D eigenvalue weighted by molar-refractivity contribution is 5.91. The molecule has 0 spiro atoms. The summed E-state index contributed by atoms with van der Waals surface area (Å²) >= 11 is 0. The number of nitrogens with zero attached hydrogens (tertiary/aromatic N) is 1. The van der Waals surface area contributed by atoms with Crippen LogP contribution in [0.25, 0.3) is 0 Å². The molecule has 1 atom stereocenters. The second-order valence-electron chi connectivity index (χ2n) is 4.49. The molecule has 0 fully saturated rings. The lowest BCUT2D eigenvalue weighted by Crippen LogP contribution is -2.30. The SMILES string of the molecule is O=C(NC1CCCc2ccccc21)c1ccno1. The van der Waals surface area contributed by atoms with Crippen LogP contribution in [0.15, 0.2) is 41.1 Å². The topological polar surface area (TPSA) is 55.1 Å². The van der Waals surface area contributed by atoms with E-state index in [-0.39, 0.29) is 17.7 Å². The fourth-order valence-corrected chi connectivity index (χ4v) is 2.47. The molecule has 3 rings (SSSR count). The van der Waals surface area contributed by atoms with Gasteiger partial charge in [-0.2, -0.15) is 0 Å². The van der Waals surface area contributed by atoms with Crippen LogP contribution in [-0.4, -0.2) is 11.1 Å². The van der Waals surface area contributed by atoms with E-state index in [1.54, 1.807) is 6.07 Å². The number of aryl methyl sites for hydroxylation is 1. The molecular formula is C14H14N2O2. The van der Waals surface area contributed by atoms with Crippen molar-refractivity contribution in [2.75, 3.05) is 0 Å². The van der Waals surface area contributed by atoms with E-state index in [0.717, 1.165) is 19.3 Å². The second kappa shape index (κ2) is 4.64. The summed E-state index contributed by atoms with van der Waals surface area (Å²) in [7, 11) is 0. The molecule has 1 N–H and O–H groups in total. The first-order chi connectivity index (χ1) is 8.84. The Bertz CT molecular complexity index is 549. The van der Waals surface area contributed by atoms with Crippen molar-refractivity contribution in [3.05, 3.63) is 53.4 Å². The molecule has 1 aromatic heterocycles. The van der Waals surface area contributed by atoms with E-state index < -0.39 is 0 Å². The normalized spacial score (nSPS) is 18.1. The van der Waals surface area contributed by atoms with Crippen LogP contribution in [-0.2, 0) is 6.42 Å². The molecule has 0 saturated heterocycles. The summed E-state index contributed by atoms with van der Waals surface area (Å²) in [4.78, 5) is 11.9. The van der Waals surface area contributed by atoms with Crippen LogP contribution < -0.4 is 5.32 Å². The molecule has 92 valence electrons. The molecule has 4 heteroatoms. The van der Waals surface area contributed by atoms with E-state index in [1.807, 2.05) is 12.1 Å². The molecule has 2 aromatic rings. The highest BCUT2D eigenvalue weighted by Crippen LogP contribution is 2.29. The lowest BCUT2D eigenvalue weighted by atomic mass is 9.88. The van der Waals surface area contributed by atoms with Crippen molar-refractivity contribution >= 4 is 5.91 Å². The molecule has 18 heavy (non-hydrogen) atoms. The minimum absolute atomic E-state index is 0.0764. The van der Waals surface area contributed by atoms with Crippen molar-refractivity contribution < 1.29 is 9.32 Å². The summed E-state index contributed by atoms with van der Waals surface area (Å²) in [5.41, 5.74) is 2.54. The van der Waals surface area contributed by atoms with Gasteiger partial charge >= 0.3 is 0 Å². The summed E-state index contributed by atoms with van der Waals surface area (Å²) in [5.74, 6) is 0.0623. The monoisotopic (exact) mass is 242 g/mol. The average molecular weight is 242 g/mol. The van der Waals surface area contributed by atoms with E-state index in [1.165, 1.54) is 17.3 Å². The summed E-state index contributed by atoms with van der Waals surface area (Å²) in [5, 5.41) is 6.55. The quantitative estimate of drug-likeness (QED) is 0.880. The van der Waals surface area contributed by atoms with Crippen LogP contribution >= 0.6 is 0 Å². The van der Waals surface area contributed by atoms with E-state index in [9.17, 15) is 4.79 Å². The summed E-state index contributed by atoms with van der Waals surface area (Å²) in [6, 6.07) is 9.91. The summed E-state index contributed by atoms with van der Waals surface area (Å²) in [6.07, 6.45) is 4.63. The Kier molecular flexibility index (Phi) is 2.84. The lowest BCUT2D eigenvalue weighted by Gasteiger charge is -2.25. The number of hydrogen-bond acceptors (Lipinski definition) is 3. The van der Waals surface area contributed by atoms with Crippen molar-refractivity contribution in [3.63, 3.8) is 0 Å².